The molecule has 1 amide bonds. The fraction of sp³-hybridized carbons (Fsp3) is 0.462. The maximum Gasteiger partial charge on any atom is 0.254 e. The van der Waals surface area contributed by atoms with Gasteiger partial charge in [-0.1, -0.05) is 18.5 Å². The summed E-state index contributed by atoms with van der Waals surface area (Å²) in [5, 5.41) is 0.482. The lowest BCUT2D eigenvalue weighted by molar-refractivity contribution is 0.0620. The Morgan fingerprint density at radius 2 is 2.00 bits per heavy atom. The average Bonchev–Trinajstić information content (AvgIpc) is 2.25. The molecule has 94 valence electrons. The number of halogens is 1. The van der Waals surface area contributed by atoms with E-state index in [0.717, 1.165) is 6.42 Å². The molecule has 2 N–H and O–H groups in total. The van der Waals surface area contributed by atoms with E-state index in [-0.39, 0.29) is 11.4 Å². The van der Waals surface area contributed by atoms with Crippen LogP contribution in [0.2, 0.25) is 5.02 Å². The third-order valence-corrected chi connectivity index (χ3v) is 3.46. The third-order valence-electron chi connectivity index (χ3n) is 3.24. The smallest absolute Gasteiger partial charge is 0.254 e. The molecule has 0 fully saturated rings. The zero-order valence-electron chi connectivity index (χ0n) is 10.7. The van der Waals surface area contributed by atoms with Gasteiger partial charge in [-0.15, -0.1) is 0 Å². The van der Waals surface area contributed by atoms with Crippen LogP contribution in [0.4, 0.5) is 5.69 Å². The summed E-state index contributed by atoms with van der Waals surface area (Å²) in [6.07, 6.45) is 0.880. The summed E-state index contributed by atoms with van der Waals surface area (Å²) >= 11 is 5.90. The second-order valence-electron chi connectivity index (χ2n) is 4.80. The van der Waals surface area contributed by atoms with E-state index in [1.807, 2.05) is 13.8 Å². The van der Waals surface area contributed by atoms with Crippen molar-refractivity contribution in [3.8, 4) is 0 Å². The molecule has 0 saturated carbocycles. The molecule has 0 aliphatic carbocycles. The van der Waals surface area contributed by atoms with E-state index in [1.165, 1.54) is 0 Å². The second-order valence-corrected chi connectivity index (χ2v) is 5.24. The predicted octanol–water partition coefficient (Wildman–Crippen LogP) is 3.18. The quantitative estimate of drug-likeness (QED) is 0.842. The minimum atomic E-state index is -0.186. The topological polar surface area (TPSA) is 46.3 Å². The van der Waals surface area contributed by atoms with Crippen LogP contribution in [0.5, 0.6) is 0 Å². The van der Waals surface area contributed by atoms with Crippen LogP contribution in [-0.2, 0) is 0 Å². The summed E-state index contributed by atoms with van der Waals surface area (Å²) in [6.45, 7) is 6.10. The lowest BCUT2D eigenvalue weighted by atomic mass is 9.99. The molecule has 1 rings (SSSR count). The summed E-state index contributed by atoms with van der Waals surface area (Å²) in [4.78, 5) is 14.0. The minimum absolute atomic E-state index is 0.0638. The van der Waals surface area contributed by atoms with Gasteiger partial charge in [0, 0.05) is 28.9 Å². The van der Waals surface area contributed by atoms with Crippen molar-refractivity contribution in [2.75, 3.05) is 12.8 Å². The fourth-order valence-corrected chi connectivity index (χ4v) is 1.69. The highest BCUT2D eigenvalue weighted by Crippen LogP contribution is 2.22. The van der Waals surface area contributed by atoms with Crippen LogP contribution in [0.1, 0.15) is 37.6 Å². The number of hydrogen-bond donors (Lipinski definition) is 1. The van der Waals surface area contributed by atoms with Crippen LogP contribution >= 0.6 is 11.6 Å². The first kappa shape index (κ1) is 13.8. The monoisotopic (exact) mass is 254 g/mol. The van der Waals surface area contributed by atoms with Gasteiger partial charge in [0.25, 0.3) is 5.91 Å². The largest absolute Gasteiger partial charge is 0.399 e. The van der Waals surface area contributed by atoms with E-state index >= 15 is 0 Å². The van der Waals surface area contributed by atoms with Gasteiger partial charge in [0.15, 0.2) is 0 Å². The van der Waals surface area contributed by atoms with E-state index < -0.39 is 0 Å². The van der Waals surface area contributed by atoms with Gasteiger partial charge in [-0.25, -0.2) is 0 Å². The van der Waals surface area contributed by atoms with Gasteiger partial charge < -0.3 is 10.6 Å². The lowest BCUT2D eigenvalue weighted by Gasteiger charge is -2.35. The summed E-state index contributed by atoms with van der Waals surface area (Å²) in [5.41, 5.74) is 6.53. The number of carbonyl (C=O) groups is 1. The van der Waals surface area contributed by atoms with Crippen LogP contribution in [0.15, 0.2) is 18.2 Å². The molecule has 3 nitrogen and oxygen atoms in total. The second kappa shape index (κ2) is 4.96. The molecule has 0 unspecified atom stereocenters. The van der Waals surface area contributed by atoms with Crippen molar-refractivity contribution in [1.82, 2.24) is 4.90 Å². The van der Waals surface area contributed by atoms with Crippen LogP contribution in [0.25, 0.3) is 0 Å². The maximum absolute atomic E-state index is 12.3. The van der Waals surface area contributed by atoms with Gasteiger partial charge in [-0.2, -0.15) is 0 Å². The number of nitrogens with zero attached hydrogens (tertiary/aromatic N) is 1. The van der Waals surface area contributed by atoms with Crippen molar-refractivity contribution in [3.05, 3.63) is 28.8 Å². The van der Waals surface area contributed by atoms with Gasteiger partial charge >= 0.3 is 0 Å². The SMILES string of the molecule is CCC(C)(C)N(C)C(=O)c1cc(N)cc(Cl)c1. The predicted molar refractivity (Wildman–Crippen MR) is 72.3 cm³/mol. The van der Waals surface area contributed by atoms with E-state index in [2.05, 4.69) is 6.92 Å². The molecular formula is C13H19ClN2O. The highest BCUT2D eigenvalue weighted by molar-refractivity contribution is 6.31. The Hall–Kier alpha value is -1.22. The Morgan fingerprint density at radius 3 is 2.47 bits per heavy atom. The number of rotatable bonds is 3. The average molecular weight is 255 g/mol. The van der Waals surface area contributed by atoms with Crippen molar-refractivity contribution >= 4 is 23.2 Å². The lowest BCUT2D eigenvalue weighted by Crippen LogP contribution is -2.44. The zero-order valence-corrected chi connectivity index (χ0v) is 11.5. The van der Waals surface area contributed by atoms with Crippen LogP contribution < -0.4 is 5.73 Å². The molecule has 1 aromatic rings. The van der Waals surface area contributed by atoms with Gasteiger partial charge in [0.2, 0.25) is 0 Å². The first-order valence-electron chi connectivity index (χ1n) is 5.62. The number of hydrogen-bond acceptors (Lipinski definition) is 2. The normalized spacial score (nSPS) is 11.4. The number of carbonyl (C=O) groups excluding carboxylic acids is 1. The zero-order chi connectivity index (χ0) is 13.2. The highest BCUT2D eigenvalue weighted by Gasteiger charge is 2.26. The molecule has 0 saturated heterocycles. The van der Waals surface area contributed by atoms with Gasteiger partial charge in [0.1, 0.15) is 0 Å². The molecular weight excluding hydrogens is 236 g/mol. The summed E-state index contributed by atoms with van der Waals surface area (Å²) in [5.74, 6) is -0.0638. The number of anilines is 1. The summed E-state index contributed by atoms with van der Waals surface area (Å²) in [7, 11) is 1.79. The van der Waals surface area contributed by atoms with Gasteiger partial charge in [-0.05, 0) is 38.5 Å². The van der Waals surface area contributed by atoms with Crippen LogP contribution in [0.3, 0.4) is 0 Å². The van der Waals surface area contributed by atoms with Crippen molar-refractivity contribution in [3.63, 3.8) is 0 Å². The highest BCUT2D eigenvalue weighted by atomic mass is 35.5. The molecule has 1 aromatic carbocycles. The van der Waals surface area contributed by atoms with Crippen molar-refractivity contribution in [2.45, 2.75) is 32.7 Å². The molecule has 0 radical (unpaired) electrons. The van der Waals surface area contributed by atoms with Crippen molar-refractivity contribution in [1.29, 1.82) is 0 Å². The molecule has 0 bridgehead atoms. The Bertz CT molecular complexity index is 409. The molecule has 0 aliphatic rings. The number of nitrogen functional groups attached to an aromatic ring is 1. The van der Waals surface area contributed by atoms with E-state index in [0.29, 0.717) is 16.3 Å². The molecule has 17 heavy (non-hydrogen) atoms. The van der Waals surface area contributed by atoms with Gasteiger partial charge in [0.05, 0.1) is 0 Å². The molecule has 0 aromatic heterocycles. The van der Waals surface area contributed by atoms with Crippen molar-refractivity contribution < 1.29 is 4.79 Å². The first-order chi connectivity index (χ1) is 7.77. The molecule has 0 spiro atoms. The fourth-order valence-electron chi connectivity index (χ4n) is 1.44. The molecule has 0 heterocycles. The Kier molecular flexibility index (Phi) is 4.04. The Morgan fingerprint density at radius 1 is 1.41 bits per heavy atom. The Labute approximate surface area is 108 Å². The van der Waals surface area contributed by atoms with Crippen LogP contribution in [0, 0.1) is 0 Å². The van der Waals surface area contributed by atoms with Gasteiger partial charge in [-0.3, -0.25) is 4.79 Å². The third kappa shape index (κ3) is 3.13. The van der Waals surface area contributed by atoms with E-state index in [9.17, 15) is 4.79 Å². The first-order valence-corrected chi connectivity index (χ1v) is 6.00. The molecule has 4 heteroatoms. The number of benzene rings is 1. The minimum Gasteiger partial charge on any atom is -0.399 e. The van der Waals surface area contributed by atoms with E-state index in [4.69, 9.17) is 17.3 Å². The van der Waals surface area contributed by atoms with E-state index in [1.54, 1.807) is 30.1 Å². The van der Waals surface area contributed by atoms with Crippen LogP contribution in [-0.4, -0.2) is 23.4 Å². The molecule has 0 atom stereocenters. The Balaban J connectivity index is 3.04. The number of nitrogens with two attached hydrogens (primary N) is 1. The molecule has 0 aliphatic heterocycles. The summed E-state index contributed by atoms with van der Waals surface area (Å²) in [6, 6.07) is 4.92. The standard InChI is InChI=1S/C13H19ClN2O/c1-5-13(2,3)16(4)12(17)9-6-10(14)8-11(15)7-9/h6-8H,5,15H2,1-4H3. The van der Waals surface area contributed by atoms with Crippen molar-refractivity contribution in [2.24, 2.45) is 0 Å². The number of amides is 1. The summed E-state index contributed by atoms with van der Waals surface area (Å²) < 4.78 is 0. The maximum atomic E-state index is 12.3.